The fraction of sp³-hybridized carbons (Fsp3) is 0.533. The number of amides is 1. The van der Waals surface area contributed by atoms with Gasteiger partial charge in [-0.3, -0.25) is 4.79 Å². The zero-order chi connectivity index (χ0) is 14.0. The standard InChI is InChI=1S/C15H22N2O2/c1-11(18)12-6-4-5-7-13(12)17-9-8-15(2,10-17)14(19)16-3/h4-7,11,18H,8-10H2,1-3H3,(H,16,19). The van der Waals surface area contributed by atoms with Crippen molar-refractivity contribution in [1.82, 2.24) is 5.32 Å². The van der Waals surface area contributed by atoms with Gasteiger partial charge in [-0.2, -0.15) is 0 Å². The Morgan fingerprint density at radius 1 is 1.47 bits per heavy atom. The Labute approximate surface area is 114 Å². The van der Waals surface area contributed by atoms with Crippen LogP contribution in [0.3, 0.4) is 0 Å². The van der Waals surface area contributed by atoms with Crippen LogP contribution >= 0.6 is 0 Å². The average Bonchev–Trinajstić information content (AvgIpc) is 2.81. The van der Waals surface area contributed by atoms with E-state index in [1.807, 2.05) is 31.2 Å². The molecule has 1 aliphatic heterocycles. The molecule has 2 rings (SSSR count). The normalized spacial score (nSPS) is 24.3. The Balaban J connectivity index is 2.24. The van der Waals surface area contributed by atoms with Gasteiger partial charge in [-0.1, -0.05) is 18.2 Å². The highest BCUT2D eigenvalue weighted by Crippen LogP contribution is 2.36. The van der Waals surface area contributed by atoms with E-state index in [9.17, 15) is 9.90 Å². The fourth-order valence-electron chi connectivity index (χ4n) is 2.78. The number of nitrogens with one attached hydrogen (secondary N) is 1. The van der Waals surface area contributed by atoms with Crippen molar-refractivity contribution in [2.24, 2.45) is 5.41 Å². The first-order chi connectivity index (χ1) is 8.98. The third-order valence-electron chi connectivity index (χ3n) is 3.98. The van der Waals surface area contributed by atoms with Gasteiger partial charge in [0, 0.05) is 31.4 Å². The molecule has 1 aliphatic rings. The van der Waals surface area contributed by atoms with Gasteiger partial charge >= 0.3 is 0 Å². The second-order valence-corrected chi connectivity index (χ2v) is 5.55. The van der Waals surface area contributed by atoms with E-state index in [0.717, 1.165) is 24.2 Å². The zero-order valence-corrected chi connectivity index (χ0v) is 11.8. The Kier molecular flexibility index (Phi) is 3.80. The summed E-state index contributed by atoms with van der Waals surface area (Å²) in [6, 6.07) is 7.85. The van der Waals surface area contributed by atoms with Crippen LogP contribution in [0.5, 0.6) is 0 Å². The highest BCUT2D eigenvalue weighted by atomic mass is 16.3. The number of aliphatic hydroxyl groups excluding tert-OH is 1. The lowest BCUT2D eigenvalue weighted by Gasteiger charge is -2.26. The first kappa shape index (κ1) is 13.9. The van der Waals surface area contributed by atoms with E-state index in [0.29, 0.717) is 6.54 Å². The number of benzene rings is 1. The Morgan fingerprint density at radius 3 is 2.79 bits per heavy atom. The zero-order valence-electron chi connectivity index (χ0n) is 11.8. The van der Waals surface area contributed by atoms with Crippen LogP contribution in [0, 0.1) is 5.41 Å². The lowest BCUT2D eigenvalue weighted by molar-refractivity contribution is -0.128. The molecule has 1 aromatic carbocycles. The van der Waals surface area contributed by atoms with Gasteiger partial charge in [-0.05, 0) is 26.3 Å². The minimum absolute atomic E-state index is 0.0875. The summed E-state index contributed by atoms with van der Waals surface area (Å²) in [6.07, 6.45) is 0.337. The van der Waals surface area contributed by atoms with Crippen LogP contribution in [0.4, 0.5) is 5.69 Å². The lowest BCUT2D eigenvalue weighted by atomic mass is 9.89. The van der Waals surface area contributed by atoms with Gasteiger partial charge < -0.3 is 15.3 Å². The maximum atomic E-state index is 11.9. The molecule has 4 heteroatoms. The molecule has 1 heterocycles. The number of carbonyl (C=O) groups is 1. The summed E-state index contributed by atoms with van der Waals surface area (Å²) in [5.41, 5.74) is 1.61. The number of anilines is 1. The molecule has 1 fully saturated rings. The monoisotopic (exact) mass is 262 g/mol. The molecular formula is C15H22N2O2. The maximum absolute atomic E-state index is 11.9. The molecule has 19 heavy (non-hydrogen) atoms. The van der Waals surface area contributed by atoms with Gasteiger partial charge in [0.15, 0.2) is 0 Å². The van der Waals surface area contributed by atoms with Crippen LogP contribution in [0.25, 0.3) is 0 Å². The van der Waals surface area contributed by atoms with Gasteiger partial charge in [-0.15, -0.1) is 0 Å². The van der Waals surface area contributed by atoms with Crippen molar-refractivity contribution < 1.29 is 9.90 Å². The van der Waals surface area contributed by atoms with Gasteiger partial charge in [0.05, 0.1) is 11.5 Å². The van der Waals surface area contributed by atoms with Gasteiger partial charge in [0.1, 0.15) is 0 Å². The number of hydrogen-bond acceptors (Lipinski definition) is 3. The minimum atomic E-state index is -0.497. The lowest BCUT2D eigenvalue weighted by Crippen LogP contribution is -2.39. The van der Waals surface area contributed by atoms with E-state index in [-0.39, 0.29) is 11.3 Å². The molecule has 0 spiro atoms. The first-order valence-corrected chi connectivity index (χ1v) is 6.72. The largest absolute Gasteiger partial charge is 0.389 e. The summed E-state index contributed by atoms with van der Waals surface area (Å²) in [6.45, 7) is 5.30. The van der Waals surface area contributed by atoms with Gasteiger partial charge in [-0.25, -0.2) is 0 Å². The molecule has 2 unspecified atom stereocenters. The number of carbonyl (C=O) groups excluding carboxylic acids is 1. The Bertz CT molecular complexity index is 473. The molecule has 0 aliphatic carbocycles. The summed E-state index contributed by atoms with van der Waals surface area (Å²) < 4.78 is 0. The summed E-state index contributed by atoms with van der Waals surface area (Å²) in [7, 11) is 1.68. The molecule has 1 amide bonds. The van der Waals surface area contributed by atoms with E-state index in [1.54, 1.807) is 14.0 Å². The smallest absolute Gasteiger partial charge is 0.227 e. The maximum Gasteiger partial charge on any atom is 0.227 e. The summed E-state index contributed by atoms with van der Waals surface area (Å²) in [5.74, 6) is 0.0875. The molecule has 1 saturated heterocycles. The number of aliphatic hydroxyl groups is 1. The first-order valence-electron chi connectivity index (χ1n) is 6.72. The number of para-hydroxylation sites is 1. The van der Waals surface area contributed by atoms with Crippen LogP contribution in [0.2, 0.25) is 0 Å². The van der Waals surface area contributed by atoms with E-state index in [1.165, 1.54) is 0 Å². The summed E-state index contributed by atoms with van der Waals surface area (Å²) in [5, 5.41) is 12.6. The third kappa shape index (κ3) is 2.59. The fourth-order valence-corrected chi connectivity index (χ4v) is 2.78. The van der Waals surface area contributed by atoms with Crippen molar-refractivity contribution >= 4 is 11.6 Å². The molecule has 0 saturated carbocycles. The number of nitrogens with zero attached hydrogens (tertiary/aromatic N) is 1. The van der Waals surface area contributed by atoms with E-state index >= 15 is 0 Å². The van der Waals surface area contributed by atoms with E-state index < -0.39 is 6.10 Å². The highest BCUT2D eigenvalue weighted by Gasteiger charge is 2.40. The molecule has 4 nitrogen and oxygen atoms in total. The van der Waals surface area contributed by atoms with Crippen LogP contribution in [0.1, 0.15) is 31.9 Å². The van der Waals surface area contributed by atoms with Crippen molar-refractivity contribution in [2.75, 3.05) is 25.0 Å². The minimum Gasteiger partial charge on any atom is -0.389 e. The number of rotatable bonds is 3. The van der Waals surface area contributed by atoms with Crippen molar-refractivity contribution in [1.29, 1.82) is 0 Å². The Morgan fingerprint density at radius 2 is 2.16 bits per heavy atom. The second kappa shape index (κ2) is 5.21. The topological polar surface area (TPSA) is 52.6 Å². The van der Waals surface area contributed by atoms with Crippen LogP contribution in [0.15, 0.2) is 24.3 Å². The van der Waals surface area contributed by atoms with Crippen LogP contribution < -0.4 is 10.2 Å². The SMILES string of the molecule is CNC(=O)C1(C)CCN(c2ccccc2C(C)O)C1. The molecule has 2 N–H and O–H groups in total. The van der Waals surface area contributed by atoms with Crippen molar-refractivity contribution in [3.05, 3.63) is 29.8 Å². The molecular weight excluding hydrogens is 240 g/mol. The number of hydrogen-bond donors (Lipinski definition) is 2. The molecule has 2 atom stereocenters. The molecule has 104 valence electrons. The highest BCUT2D eigenvalue weighted by molar-refractivity contribution is 5.83. The molecule has 0 aromatic heterocycles. The molecule has 1 aromatic rings. The van der Waals surface area contributed by atoms with E-state index in [4.69, 9.17) is 0 Å². The quantitative estimate of drug-likeness (QED) is 0.872. The summed E-state index contributed by atoms with van der Waals surface area (Å²) >= 11 is 0. The molecule has 0 radical (unpaired) electrons. The van der Waals surface area contributed by atoms with Gasteiger partial charge in [0.2, 0.25) is 5.91 Å². The van der Waals surface area contributed by atoms with Crippen LogP contribution in [-0.4, -0.2) is 31.2 Å². The predicted molar refractivity (Wildman–Crippen MR) is 76.1 cm³/mol. The summed E-state index contributed by atoms with van der Waals surface area (Å²) in [4.78, 5) is 14.1. The van der Waals surface area contributed by atoms with Crippen molar-refractivity contribution in [3.8, 4) is 0 Å². The van der Waals surface area contributed by atoms with Crippen LogP contribution in [-0.2, 0) is 4.79 Å². The average molecular weight is 262 g/mol. The third-order valence-corrected chi connectivity index (χ3v) is 3.98. The van der Waals surface area contributed by atoms with Crippen molar-refractivity contribution in [3.63, 3.8) is 0 Å². The predicted octanol–water partition coefficient (Wildman–Crippen LogP) is 1.70. The molecule has 0 bridgehead atoms. The van der Waals surface area contributed by atoms with Crippen molar-refractivity contribution in [2.45, 2.75) is 26.4 Å². The second-order valence-electron chi connectivity index (χ2n) is 5.55. The van der Waals surface area contributed by atoms with Gasteiger partial charge in [0.25, 0.3) is 0 Å². The Hall–Kier alpha value is -1.55. The van der Waals surface area contributed by atoms with E-state index in [2.05, 4.69) is 10.2 Å².